The van der Waals surface area contributed by atoms with Crippen molar-refractivity contribution in [1.29, 1.82) is 0 Å². The highest BCUT2D eigenvalue weighted by Crippen LogP contribution is 2.26. The molecule has 1 saturated heterocycles. The molecule has 106 valence electrons. The molecule has 1 saturated carbocycles. The molecule has 0 bridgehead atoms. The van der Waals surface area contributed by atoms with E-state index in [1.807, 2.05) is 0 Å². The van der Waals surface area contributed by atoms with Gasteiger partial charge in [-0.2, -0.15) is 12.7 Å². The van der Waals surface area contributed by atoms with Crippen molar-refractivity contribution < 1.29 is 8.42 Å². The number of likely N-dealkylation sites (N-methyl/N-ethyl adjacent to an activating group) is 1. The standard InChI is InChI=1S/C11H24N4O2S/c1-10(14(2)11-3-4-11)9-13-18(16,17)15-7-5-12-6-8-15/h10-13H,3-9H2,1-2H3. The van der Waals surface area contributed by atoms with Gasteiger partial charge in [0.2, 0.25) is 0 Å². The minimum Gasteiger partial charge on any atom is -0.314 e. The normalized spacial score (nSPS) is 24.4. The van der Waals surface area contributed by atoms with Crippen LogP contribution in [0.15, 0.2) is 0 Å². The number of hydrogen-bond donors (Lipinski definition) is 2. The van der Waals surface area contributed by atoms with Crippen molar-refractivity contribution in [3.05, 3.63) is 0 Å². The predicted octanol–water partition coefficient (Wildman–Crippen LogP) is -0.791. The molecule has 2 rings (SSSR count). The zero-order valence-corrected chi connectivity index (χ0v) is 12.0. The van der Waals surface area contributed by atoms with Crippen molar-refractivity contribution in [2.75, 3.05) is 39.8 Å². The van der Waals surface area contributed by atoms with Gasteiger partial charge in [-0.1, -0.05) is 0 Å². The van der Waals surface area contributed by atoms with E-state index in [1.165, 1.54) is 17.1 Å². The van der Waals surface area contributed by atoms with Crippen LogP contribution in [0.3, 0.4) is 0 Å². The van der Waals surface area contributed by atoms with Crippen LogP contribution in [0.4, 0.5) is 0 Å². The third kappa shape index (κ3) is 3.64. The van der Waals surface area contributed by atoms with Crippen LogP contribution in [0.2, 0.25) is 0 Å². The van der Waals surface area contributed by atoms with E-state index in [9.17, 15) is 8.42 Å². The molecule has 1 aliphatic heterocycles. The summed E-state index contributed by atoms with van der Waals surface area (Å²) in [7, 11) is -1.23. The van der Waals surface area contributed by atoms with E-state index < -0.39 is 10.2 Å². The number of rotatable bonds is 6. The SMILES string of the molecule is CC(CNS(=O)(=O)N1CCNCC1)N(C)C1CC1. The highest BCUT2D eigenvalue weighted by atomic mass is 32.2. The molecule has 1 heterocycles. The average molecular weight is 276 g/mol. The summed E-state index contributed by atoms with van der Waals surface area (Å²) in [6, 6.07) is 0.902. The molecule has 2 N–H and O–H groups in total. The Kier molecular flexibility index (Phi) is 4.60. The van der Waals surface area contributed by atoms with Crippen molar-refractivity contribution in [2.24, 2.45) is 0 Å². The van der Waals surface area contributed by atoms with Crippen molar-refractivity contribution in [2.45, 2.75) is 31.8 Å². The Balaban J connectivity index is 1.80. The van der Waals surface area contributed by atoms with Gasteiger partial charge in [-0.3, -0.25) is 4.90 Å². The Morgan fingerprint density at radius 3 is 2.56 bits per heavy atom. The van der Waals surface area contributed by atoms with Crippen molar-refractivity contribution in [1.82, 2.24) is 19.2 Å². The Morgan fingerprint density at radius 2 is 2.00 bits per heavy atom. The van der Waals surface area contributed by atoms with Crippen LogP contribution in [0.1, 0.15) is 19.8 Å². The fourth-order valence-corrected chi connectivity index (χ4v) is 3.49. The lowest BCUT2D eigenvalue weighted by molar-refractivity contribution is 0.246. The Hall–Kier alpha value is -0.210. The first kappa shape index (κ1) is 14.2. The van der Waals surface area contributed by atoms with Crippen molar-refractivity contribution in [3.63, 3.8) is 0 Å². The molecule has 18 heavy (non-hydrogen) atoms. The molecule has 1 atom stereocenters. The lowest BCUT2D eigenvalue weighted by Crippen LogP contribution is -2.52. The molecule has 1 unspecified atom stereocenters. The monoisotopic (exact) mass is 276 g/mol. The van der Waals surface area contributed by atoms with Gasteiger partial charge >= 0.3 is 0 Å². The topological polar surface area (TPSA) is 64.7 Å². The zero-order valence-electron chi connectivity index (χ0n) is 11.2. The first-order valence-corrected chi connectivity index (χ1v) is 8.12. The van der Waals surface area contributed by atoms with Crippen LogP contribution in [0, 0.1) is 0 Å². The molecule has 2 aliphatic rings. The maximum absolute atomic E-state index is 12.1. The fourth-order valence-electron chi connectivity index (χ4n) is 2.19. The van der Waals surface area contributed by atoms with Gasteiger partial charge in [-0.05, 0) is 26.8 Å². The van der Waals surface area contributed by atoms with Crippen molar-refractivity contribution >= 4 is 10.2 Å². The van der Waals surface area contributed by atoms with Gasteiger partial charge in [0.1, 0.15) is 0 Å². The maximum Gasteiger partial charge on any atom is 0.279 e. The Bertz CT molecular complexity index is 363. The molecule has 0 amide bonds. The van der Waals surface area contributed by atoms with Gasteiger partial charge in [0.05, 0.1) is 0 Å². The highest BCUT2D eigenvalue weighted by Gasteiger charge is 2.30. The molecule has 0 aromatic heterocycles. The first-order valence-electron chi connectivity index (χ1n) is 6.68. The second-order valence-corrected chi connectivity index (χ2v) is 7.00. The summed E-state index contributed by atoms with van der Waals surface area (Å²) in [5.74, 6) is 0. The number of nitrogens with one attached hydrogen (secondary N) is 2. The molecule has 0 radical (unpaired) electrons. The zero-order chi connectivity index (χ0) is 13.2. The third-order valence-electron chi connectivity index (χ3n) is 3.80. The molecule has 0 aromatic rings. The van der Waals surface area contributed by atoms with Gasteiger partial charge < -0.3 is 5.32 Å². The second-order valence-electron chi connectivity index (χ2n) is 5.25. The summed E-state index contributed by atoms with van der Waals surface area (Å²) in [4.78, 5) is 2.26. The fraction of sp³-hybridized carbons (Fsp3) is 1.00. The minimum atomic E-state index is -3.30. The summed E-state index contributed by atoms with van der Waals surface area (Å²) >= 11 is 0. The van der Waals surface area contributed by atoms with E-state index in [-0.39, 0.29) is 6.04 Å². The van der Waals surface area contributed by atoms with Gasteiger partial charge in [0.15, 0.2) is 0 Å². The van der Waals surface area contributed by atoms with E-state index in [1.54, 1.807) is 0 Å². The van der Waals surface area contributed by atoms with Crippen LogP contribution < -0.4 is 10.0 Å². The van der Waals surface area contributed by atoms with Gasteiger partial charge in [-0.25, -0.2) is 4.72 Å². The van der Waals surface area contributed by atoms with Crippen LogP contribution in [0.5, 0.6) is 0 Å². The van der Waals surface area contributed by atoms with Gasteiger partial charge in [-0.15, -0.1) is 0 Å². The third-order valence-corrected chi connectivity index (χ3v) is 5.37. The Labute approximate surface area is 110 Å². The summed E-state index contributed by atoms with van der Waals surface area (Å²) < 4.78 is 28.4. The Morgan fingerprint density at radius 1 is 1.39 bits per heavy atom. The van der Waals surface area contributed by atoms with Gasteiger partial charge in [0, 0.05) is 44.8 Å². The van der Waals surface area contributed by atoms with E-state index >= 15 is 0 Å². The maximum atomic E-state index is 12.1. The summed E-state index contributed by atoms with van der Waals surface area (Å²) in [5.41, 5.74) is 0. The first-order chi connectivity index (χ1) is 8.50. The molecule has 6 nitrogen and oxygen atoms in total. The molecule has 0 spiro atoms. The summed E-state index contributed by atoms with van der Waals surface area (Å²) in [6.07, 6.45) is 2.48. The lowest BCUT2D eigenvalue weighted by atomic mass is 10.3. The molecular formula is C11H24N4O2S. The van der Waals surface area contributed by atoms with E-state index in [4.69, 9.17) is 0 Å². The molecule has 2 fully saturated rings. The number of hydrogen-bond acceptors (Lipinski definition) is 4. The highest BCUT2D eigenvalue weighted by molar-refractivity contribution is 7.87. The van der Waals surface area contributed by atoms with E-state index in [0.717, 1.165) is 13.1 Å². The molecule has 1 aliphatic carbocycles. The van der Waals surface area contributed by atoms with E-state index in [2.05, 4.69) is 28.9 Å². The van der Waals surface area contributed by atoms with E-state index in [0.29, 0.717) is 25.7 Å². The van der Waals surface area contributed by atoms with Crippen LogP contribution in [-0.2, 0) is 10.2 Å². The summed E-state index contributed by atoms with van der Waals surface area (Å²) in [5, 5.41) is 3.15. The minimum absolute atomic E-state index is 0.246. The molecular weight excluding hydrogens is 252 g/mol. The number of piperazine rings is 1. The van der Waals surface area contributed by atoms with Crippen LogP contribution in [0.25, 0.3) is 0 Å². The van der Waals surface area contributed by atoms with Crippen molar-refractivity contribution in [3.8, 4) is 0 Å². The van der Waals surface area contributed by atoms with Gasteiger partial charge in [0.25, 0.3) is 10.2 Å². The average Bonchev–Trinajstić information content (AvgIpc) is 3.20. The molecule has 7 heteroatoms. The van der Waals surface area contributed by atoms with Crippen LogP contribution >= 0.6 is 0 Å². The molecule has 0 aromatic carbocycles. The second kappa shape index (κ2) is 5.83. The smallest absolute Gasteiger partial charge is 0.279 e. The number of nitrogens with zero attached hydrogens (tertiary/aromatic N) is 2. The largest absolute Gasteiger partial charge is 0.314 e. The quantitative estimate of drug-likeness (QED) is 0.667. The predicted molar refractivity (Wildman–Crippen MR) is 71.6 cm³/mol. The summed E-state index contributed by atoms with van der Waals surface area (Å²) in [6.45, 7) is 5.14. The lowest BCUT2D eigenvalue weighted by Gasteiger charge is -2.29. The van der Waals surface area contributed by atoms with Crippen LogP contribution in [-0.4, -0.2) is 69.5 Å².